The molecule has 0 aromatic heterocycles. The van der Waals surface area contributed by atoms with Gasteiger partial charge in [-0.05, 0) is 40.3 Å². The van der Waals surface area contributed by atoms with E-state index in [-0.39, 0.29) is 12.2 Å². The van der Waals surface area contributed by atoms with Crippen molar-refractivity contribution in [2.75, 3.05) is 13.1 Å². The van der Waals surface area contributed by atoms with Crippen LogP contribution >= 0.6 is 15.9 Å². The van der Waals surface area contributed by atoms with Gasteiger partial charge in [0.15, 0.2) is 0 Å². The van der Waals surface area contributed by atoms with Crippen molar-refractivity contribution in [3.05, 3.63) is 38.3 Å². The van der Waals surface area contributed by atoms with Crippen LogP contribution in [0.2, 0.25) is 0 Å². The number of hydrogen-bond donors (Lipinski definition) is 1. The van der Waals surface area contributed by atoms with Crippen LogP contribution in [0.25, 0.3) is 0 Å². The van der Waals surface area contributed by atoms with E-state index in [4.69, 9.17) is 5.11 Å². The lowest BCUT2D eigenvalue weighted by Gasteiger charge is -2.20. The van der Waals surface area contributed by atoms with Crippen LogP contribution in [0.5, 0.6) is 0 Å². The lowest BCUT2D eigenvalue weighted by atomic mass is 10.2. The van der Waals surface area contributed by atoms with Gasteiger partial charge >= 0.3 is 5.97 Å². The minimum absolute atomic E-state index is 0.00389. The van der Waals surface area contributed by atoms with E-state index in [9.17, 15) is 14.9 Å². The van der Waals surface area contributed by atoms with E-state index in [2.05, 4.69) is 15.9 Å². The number of carboxylic acid groups (broad SMARTS) is 1. The summed E-state index contributed by atoms with van der Waals surface area (Å²) in [5.41, 5.74) is 0.741. The quantitative estimate of drug-likeness (QED) is 0.608. The van der Waals surface area contributed by atoms with Gasteiger partial charge in [-0.1, -0.05) is 12.1 Å². The van der Waals surface area contributed by atoms with Crippen molar-refractivity contribution in [2.45, 2.75) is 19.4 Å². The summed E-state index contributed by atoms with van der Waals surface area (Å²) in [5, 5.41) is 19.8. The molecule has 20 heavy (non-hydrogen) atoms. The molecule has 0 unspecified atom stereocenters. The Morgan fingerprint density at radius 2 is 2.20 bits per heavy atom. The Morgan fingerprint density at radius 3 is 2.75 bits per heavy atom. The molecule has 2 rings (SSSR count). The highest BCUT2D eigenvalue weighted by Crippen LogP contribution is 2.32. The van der Waals surface area contributed by atoms with Gasteiger partial charge in [0.05, 0.1) is 15.9 Å². The third-order valence-corrected chi connectivity index (χ3v) is 4.14. The minimum atomic E-state index is -0.882. The van der Waals surface area contributed by atoms with Crippen molar-refractivity contribution in [1.29, 1.82) is 0 Å². The SMILES string of the molecule is O=C(O)CN(Cc1cccc([N+](=O)[O-])c1Br)CC1CC1. The Morgan fingerprint density at radius 1 is 1.50 bits per heavy atom. The van der Waals surface area contributed by atoms with Crippen LogP contribution in [0.15, 0.2) is 22.7 Å². The Bertz CT molecular complexity index is 531. The Balaban J connectivity index is 2.14. The highest BCUT2D eigenvalue weighted by atomic mass is 79.9. The average molecular weight is 343 g/mol. The minimum Gasteiger partial charge on any atom is -0.480 e. The number of hydrogen-bond acceptors (Lipinski definition) is 4. The zero-order valence-electron chi connectivity index (χ0n) is 10.8. The van der Waals surface area contributed by atoms with Crippen LogP contribution in [0, 0.1) is 16.0 Å². The Labute approximate surface area is 124 Å². The summed E-state index contributed by atoms with van der Waals surface area (Å²) in [7, 11) is 0. The van der Waals surface area contributed by atoms with E-state index in [0.29, 0.717) is 16.9 Å². The second kappa shape index (κ2) is 6.32. The Hall–Kier alpha value is -1.47. The molecule has 7 heteroatoms. The lowest BCUT2D eigenvalue weighted by molar-refractivity contribution is -0.385. The number of carboxylic acids is 1. The molecule has 1 aliphatic rings. The molecule has 6 nitrogen and oxygen atoms in total. The van der Waals surface area contributed by atoms with Gasteiger partial charge in [0.1, 0.15) is 0 Å². The fourth-order valence-corrected chi connectivity index (χ4v) is 2.65. The summed E-state index contributed by atoms with van der Waals surface area (Å²) in [6.45, 7) is 1.07. The molecule has 0 atom stereocenters. The molecule has 0 amide bonds. The van der Waals surface area contributed by atoms with Crippen molar-refractivity contribution in [3.8, 4) is 0 Å². The standard InChI is InChI=1S/C13H15BrN2O4/c14-13-10(2-1-3-11(13)16(19)20)7-15(8-12(17)18)6-9-4-5-9/h1-3,9H,4-8H2,(H,17,18). The summed E-state index contributed by atoms with van der Waals surface area (Å²) in [6, 6.07) is 4.82. The van der Waals surface area contributed by atoms with Gasteiger partial charge in [0.2, 0.25) is 0 Å². The number of carbonyl (C=O) groups is 1. The van der Waals surface area contributed by atoms with Gasteiger partial charge in [0, 0.05) is 19.2 Å². The summed E-state index contributed by atoms with van der Waals surface area (Å²) in [4.78, 5) is 23.2. The van der Waals surface area contributed by atoms with Crippen LogP contribution in [-0.4, -0.2) is 34.0 Å². The monoisotopic (exact) mass is 342 g/mol. The highest BCUT2D eigenvalue weighted by molar-refractivity contribution is 9.10. The second-order valence-electron chi connectivity index (χ2n) is 5.01. The largest absolute Gasteiger partial charge is 0.480 e. The van der Waals surface area contributed by atoms with Crippen LogP contribution in [0.3, 0.4) is 0 Å². The molecule has 1 aliphatic carbocycles. The lowest BCUT2D eigenvalue weighted by Crippen LogP contribution is -2.31. The molecule has 1 N–H and O–H groups in total. The maximum absolute atomic E-state index is 10.9. The first-order chi connectivity index (χ1) is 9.47. The normalized spacial score (nSPS) is 14.5. The van der Waals surface area contributed by atoms with Gasteiger partial charge in [0.25, 0.3) is 5.69 Å². The van der Waals surface area contributed by atoms with Gasteiger partial charge in [-0.2, -0.15) is 0 Å². The van der Waals surface area contributed by atoms with Crippen LogP contribution in [0.4, 0.5) is 5.69 Å². The van der Waals surface area contributed by atoms with Crippen molar-refractivity contribution in [1.82, 2.24) is 4.90 Å². The Kier molecular flexibility index (Phi) is 4.72. The van der Waals surface area contributed by atoms with Crippen molar-refractivity contribution in [2.24, 2.45) is 5.92 Å². The molecule has 0 heterocycles. The molecule has 1 saturated carbocycles. The van der Waals surface area contributed by atoms with Crippen molar-refractivity contribution >= 4 is 27.6 Å². The summed E-state index contributed by atoms with van der Waals surface area (Å²) in [5.74, 6) is -0.320. The van der Waals surface area contributed by atoms with Gasteiger partial charge in [-0.15, -0.1) is 0 Å². The fraction of sp³-hybridized carbons (Fsp3) is 0.462. The summed E-state index contributed by atoms with van der Waals surface area (Å²) >= 11 is 3.24. The number of rotatable bonds is 7. The maximum Gasteiger partial charge on any atom is 0.317 e. The van der Waals surface area contributed by atoms with Crippen molar-refractivity contribution < 1.29 is 14.8 Å². The van der Waals surface area contributed by atoms with E-state index in [1.807, 2.05) is 4.90 Å². The third-order valence-electron chi connectivity index (χ3n) is 3.22. The molecule has 1 aromatic carbocycles. The molecule has 0 spiro atoms. The van der Waals surface area contributed by atoms with Crippen molar-refractivity contribution in [3.63, 3.8) is 0 Å². The molecule has 0 saturated heterocycles. The molecule has 1 fully saturated rings. The summed E-state index contributed by atoms with van der Waals surface area (Å²) < 4.78 is 0.427. The smallest absolute Gasteiger partial charge is 0.317 e. The number of nitro benzene ring substituents is 1. The summed E-state index contributed by atoms with van der Waals surface area (Å²) in [6.07, 6.45) is 2.26. The number of nitrogens with zero attached hydrogens (tertiary/aromatic N) is 2. The van der Waals surface area contributed by atoms with Crippen LogP contribution < -0.4 is 0 Å². The zero-order chi connectivity index (χ0) is 14.7. The fourth-order valence-electron chi connectivity index (χ4n) is 2.11. The van der Waals surface area contributed by atoms with E-state index < -0.39 is 10.9 Å². The molecule has 0 bridgehead atoms. The molecular weight excluding hydrogens is 328 g/mol. The zero-order valence-corrected chi connectivity index (χ0v) is 12.4. The molecule has 0 aliphatic heterocycles. The van der Waals surface area contributed by atoms with E-state index in [0.717, 1.165) is 24.9 Å². The molecular formula is C13H15BrN2O4. The van der Waals surface area contributed by atoms with Crippen LogP contribution in [0.1, 0.15) is 18.4 Å². The highest BCUT2D eigenvalue weighted by Gasteiger charge is 2.26. The topological polar surface area (TPSA) is 83.7 Å². The predicted octanol–water partition coefficient (Wildman–Crippen LogP) is 2.65. The molecule has 108 valence electrons. The second-order valence-corrected chi connectivity index (χ2v) is 5.81. The van der Waals surface area contributed by atoms with E-state index in [1.165, 1.54) is 6.07 Å². The maximum atomic E-state index is 10.9. The molecule has 1 aromatic rings. The van der Waals surface area contributed by atoms with Crippen LogP contribution in [-0.2, 0) is 11.3 Å². The number of nitro groups is 1. The number of benzene rings is 1. The number of aliphatic carboxylic acids is 1. The van der Waals surface area contributed by atoms with Gasteiger partial charge in [-0.3, -0.25) is 19.8 Å². The van der Waals surface area contributed by atoms with E-state index >= 15 is 0 Å². The first-order valence-electron chi connectivity index (χ1n) is 6.33. The first-order valence-corrected chi connectivity index (χ1v) is 7.12. The van der Waals surface area contributed by atoms with Gasteiger partial charge < -0.3 is 5.11 Å². The predicted molar refractivity (Wildman–Crippen MR) is 76.4 cm³/mol. The number of halogens is 1. The first kappa shape index (κ1) is 14.9. The average Bonchev–Trinajstić information content (AvgIpc) is 3.14. The third kappa shape index (κ3) is 4.01. The molecule has 0 radical (unpaired) electrons. The van der Waals surface area contributed by atoms with Gasteiger partial charge in [-0.25, -0.2) is 0 Å². The van der Waals surface area contributed by atoms with E-state index in [1.54, 1.807) is 12.1 Å².